The van der Waals surface area contributed by atoms with E-state index in [0.717, 1.165) is 17.9 Å². The Morgan fingerprint density at radius 3 is 3.04 bits per heavy atom. The highest BCUT2D eigenvalue weighted by Gasteiger charge is 2.32. The normalized spacial score (nSPS) is 19.2. The summed E-state index contributed by atoms with van der Waals surface area (Å²) in [6.07, 6.45) is 4.18. The van der Waals surface area contributed by atoms with Gasteiger partial charge in [0.1, 0.15) is 11.7 Å². The molecule has 0 spiro atoms. The molecule has 0 bridgehead atoms. The van der Waals surface area contributed by atoms with Gasteiger partial charge in [0.25, 0.3) is 0 Å². The summed E-state index contributed by atoms with van der Waals surface area (Å²) in [5.74, 6) is 0. The molecule has 0 saturated carbocycles. The fourth-order valence-corrected chi connectivity index (χ4v) is 4.42. The predicted molar refractivity (Wildman–Crippen MR) is 86.2 cm³/mol. The minimum Gasteiger partial charge on any atom is -0.301 e. The van der Waals surface area contributed by atoms with Gasteiger partial charge in [0.15, 0.2) is 0 Å². The van der Waals surface area contributed by atoms with Crippen LogP contribution >= 0.6 is 0 Å². The standard InChI is InChI=1S/C15H19N5O2S/c1-2-18-23(21,22)14-5-6-19(11-14)10-13-8-17-15-4-3-12(7-16)9-20(13)15/h3-4,8-9,14,18H,2,5-6,10-11H2,1H3/t14-/m1/s1. The van der Waals surface area contributed by atoms with Gasteiger partial charge in [-0.2, -0.15) is 5.26 Å². The van der Waals surface area contributed by atoms with Gasteiger partial charge in [-0.05, 0) is 25.1 Å². The van der Waals surface area contributed by atoms with Crippen molar-refractivity contribution in [3.63, 3.8) is 0 Å². The SMILES string of the molecule is CCNS(=O)(=O)[C@@H]1CCN(Cc2cnc3ccc(C#N)cn23)C1. The summed E-state index contributed by atoms with van der Waals surface area (Å²) < 4.78 is 28.6. The third-order valence-electron chi connectivity index (χ3n) is 4.11. The number of hydrogen-bond donors (Lipinski definition) is 1. The molecule has 2 aromatic heterocycles. The lowest BCUT2D eigenvalue weighted by Gasteiger charge is -2.16. The fraction of sp³-hybridized carbons (Fsp3) is 0.467. The molecular formula is C15H19N5O2S. The third-order valence-corrected chi connectivity index (χ3v) is 6.06. The van der Waals surface area contributed by atoms with E-state index in [9.17, 15) is 8.42 Å². The Hall–Kier alpha value is -1.95. The van der Waals surface area contributed by atoms with Crippen molar-refractivity contribution in [1.82, 2.24) is 19.0 Å². The van der Waals surface area contributed by atoms with Gasteiger partial charge in [-0.3, -0.25) is 4.90 Å². The Balaban J connectivity index is 1.75. The van der Waals surface area contributed by atoms with Crippen molar-refractivity contribution < 1.29 is 8.42 Å². The first-order valence-electron chi connectivity index (χ1n) is 7.60. The zero-order valence-corrected chi connectivity index (χ0v) is 13.8. The number of imidazole rings is 1. The van der Waals surface area contributed by atoms with Crippen molar-refractivity contribution in [3.8, 4) is 6.07 Å². The van der Waals surface area contributed by atoms with Gasteiger partial charge < -0.3 is 4.40 Å². The molecule has 0 radical (unpaired) electrons. The van der Waals surface area contributed by atoms with Crippen molar-refractivity contribution in [3.05, 3.63) is 35.8 Å². The molecule has 0 unspecified atom stereocenters. The highest BCUT2D eigenvalue weighted by molar-refractivity contribution is 7.90. The van der Waals surface area contributed by atoms with Gasteiger partial charge >= 0.3 is 0 Å². The topological polar surface area (TPSA) is 90.5 Å². The van der Waals surface area contributed by atoms with Gasteiger partial charge in [-0.1, -0.05) is 6.92 Å². The lowest BCUT2D eigenvalue weighted by molar-refractivity contribution is 0.326. The molecule has 122 valence electrons. The summed E-state index contributed by atoms with van der Waals surface area (Å²) in [6, 6.07) is 5.67. The summed E-state index contributed by atoms with van der Waals surface area (Å²) >= 11 is 0. The maximum atomic E-state index is 12.1. The monoisotopic (exact) mass is 333 g/mol. The van der Waals surface area contributed by atoms with E-state index in [0.29, 0.717) is 31.6 Å². The lowest BCUT2D eigenvalue weighted by atomic mass is 10.3. The average molecular weight is 333 g/mol. The Morgan fingerprint density at radius 2 is 2.30 bits per heavy atom. The molecule has 7 nitrogen and oxygen atoms in total. The number of nitrogens with zero attached hydrogens (tertiary/aromatic N) is 4. The highest BCUT2D eigenvalue weighted by Crippen LogP contribution is 2.19. The average Bonchev–Trinajstić information content (AvgIpc) is 3.15. The second-order valence-electron chi connectivity index (χ2n) is 5.70. The van der Waals surface area contributed by atoms with Crippen molar-refractivity contribution in [1.29, 1.82) is 5.26 Å². The van der Waals surface area contributed by atoms with Crippen molar-refractivity contribution in [2.75, 3.05) is 19.6 Å². The molecule has 23 heavy (non-hydrogen) atoms. The second-order valence-corrected chi connectivity index (χ2v) is 7.74. The van der Waals surface area contributed by atoms with Crippen LogP contribution in [-0.2, 0) is 16.6 Å². The maximum absolute atomic E-state index is 12.1. The van der Waals surface area contributed by atoms with Crippen LogP contribution in [0, 0.1) is 11.3 Å². The van der Waals surface area contributed by atoms with Crippen LogP contribution in [0.3, 0.4) is 0 Å². The van der Waals surface area contributed by atoms with Gasteiger partial charge in [0.05, 0.1) is 22.7 Å². The van der Waals surface area contributed by atoms with Crippen molar-refractivity contribution >= 4 is 15.7 Å². The Labute approximate surface area is 135 Å². The molecule has 0 aromatic carbocycles. The van der Waals surface area contributed by atoms with E-state index in [1.807, 2.05) is 10.5 Å². The molecule has 3 heterocycles. The quantitative estimate of drug-likeness (QED) is 0.871. The minimum absolute atomic E-state index is 0.365. The number of sulfonamides is 1. The molecule has 1 N–H and O–H groups in total. The van der Waals surface area contributed by atoms with E-state index in [1.54, 1.807) is 25.4 Å². The number of aromatic nitrogens is 2. The van der Waals surface area contributed by atoms with Crippen LogP contribution in [0.15, 0.2) is 24.5 Å². The largest absolute Gasteiger partial charge is 0.301 e. The number of nitrogens with one attached hydrogen (secondary N) is 1. The zero-order valence-electron chi connectivity index (χ0n) is 12.9. The molecule has 1 aliphatic rings. The molecule has 0 aliphatic carbocycles. The molecule has 1 fully saturated rings. The number of hydrogen-bond acceptors (Lipinski definition) is 5. The van der Waals surface area contributed by atoms with Crippen molar-refractivity contribution in [2.45, 2.75) is 25.1 Å². The number of likely N-dealkylation sites (tertiary alicyclic amines) is 1. The molecule has 8 heteroatoms. The van der Waals surface area contributed by atoms with Crippen LogP contribution in [0.2, 0.25) is 0 Å². The Morgan fingerprint density at radius 1 is 1.48 bits per heavy atom. The Kier molecular flexibility index (Phi) is 4.35. The Bertz CT molecular complexity index is 852. The lowest BCUT2D eigenvalue weighted by Crippen LogP contribution is -2.36. The van der Waals surface area contributed by atoms with Gasteiger partial charge in [0, 0.05) is 25.8 Å². The van der Waals surface area contributed by atoms with Gasteiger partial charge in [0.2, 0.25) is 10.0 Å². The number of fused-ring (bicyclic) bond motifs is 1. The minimum atomic E-state index is -3.23. The summed E-state index contributed by atoms with van der Waals surface area (Å²) in [4.78, 5) is 6.44. The van der Waals surface area contributed by atoms with Crippen LogP contribution < -0.4 is 4.72 Å². The van der Waals surface area contributed by atoms with Crippen LogP contribution in [0.1, 0.15) is 24.6 Å². The molecule has 1 saturated heterocycles. The van der Waals surface area contributed by atoms with Crippen molar-refractivity contribution in [2.24, 2.45) is 0 Å². The summed E-state index contributed by atoms with van der Waals surface area (Å²) in [5, 5.41) is 8.65. The molecule has 2 aromatic rings. The summed E-state index contributed by atoms with van der Waals surface area (Å²) in [5.41, 5.74) is 2.32. The van der Waals surface area contributed by atoms with Crippen LogP contribution in [0.25, 0.3) is 5.65 Å². The fourth-order valence-electron chi connectivity index (χ4n) is 2.96. The van der Waals surface area contributed by atoms with E-state index in [-0.39, 0.29) is 5.25 Å². The van der Waals surface area contributed by atoms with Crippen LogP contribution in [0.5, 0.6) is 0 Å². The zero-order chi connectivity index (χ0) is 16.4. The first-order valence-corrected chi connectivity index (χ1v) is 9.15. The molecular weight excluding hydrogens is 314 g/mol. The predicted octanol–water partition coefficient (Wildman–Crippen LogP) is 0.720. The first-order chi connectivity index (χ1) is 11.0. The highest BCUT2D eigenvalue weighted by atomic mass is 32.2. The molecule has 1 aliphatic heterocycles. The first kappa shape index (κ1) is 15.9. The number of pyridine rings is 1. The second kappa shape index (κ2) is 6.28. The third kappa shape index (κ3) is 3.22. The van der Waals surface area contributed by atoms with E-state index in [4.69, 9.17) is 5.26 Å². The van der Waals surface area contributed by atoms with Crippen LogP contribution in [0.4, 0.5) is 0 Å². The summed E-state index contributed by atoms with van der Waals surface area (Å²) in [6.45, 7) is 4.08. The van der Waals surface area contributed by atoms with E-state index in [1.165, 1.54) is 0 Å². The number of rotatable bonds is 5. The molecule has 3 rings (SSSR count). The van der Waals surface area contributed by atoms with E-state index >= 15 is 0 Å². The van der Waals surface area contributed by atoms with Crippen LogP contribution in [-0.4, -0.2) is 47.6 Å². The molecule has 1 atom stereocenters. The number of nitriles is 1. The van der Waals surface area contributed by atoms with Gasteiger partial charge in [-0.15, -0.1) is 0 Å². The maximum Gasteiger partial charge on any atom is 0.215 e. The van der Waals surface area contributed by atoms with E-state index in [2.05, 4.69) is 20.7 Å². The smallest absolute Gasteiger partial charge is 0.215 e. The molecule has 0 amide bonds. The van der Waals surface area contributed by atoms with E-state index < -0.39 is 10.0 Å². The summed E-state index contributed by atoms with van der Waals surface area (Å²) in [7, 11) is -3.23. The van der Waals surface area contributed by atoms with Gasteiger partial charge in [-0.25, -0.2) is 18.1 Å².